The summed E-state index contributed by atoms with van der Waals surface area (Å²) in [5, 5.41) is 23.5. The molecule has 1 aromatic heterocycles. The molecule has 3 rings (SSSR count). The fourth-order valence-corrected chi connectivity index (χ4v) is 3.25. The first-order chi connectivity index (χ1) is 14.6. The first kappa shape index (κ1) is 20.9. The summed E-state index contributed by atoms with van der Waals surface area (Å²) in [6.07, 6.45) is 3.16. The highest BCUT2D eigenvalue weighted by Gasteiger charge is 2.14. The van der Waals surface area contributed by atoms with Crippen LogP contribution in [-0.4, -0.2) is 37.6 Å². The number of nitro benzene ring substituents is 1. The highest BCUT2D eigenvalue weighted by molar-refractivity contribution is 7.99. The molecule has 0 aliphatic carbocycles. The fourth-order valence-electron chi connectivity index (χ4n) is 2.51. The van der Waals surface area contributed by atoms with Crippen LogP contribution in [0.25, 0.3) is 11.4 Å². The van der Waals surface area contributed by atoms with Gasteiger partial charge in [-0.15, -0.1) is 16.8 Å². The van der Waals surface area contributed by atoms with Gasteiger partial charge in [-0.3, -0.25) is 19.5 Å². The van der Waals surface area contributed by atoms with E-state index >= 15 is 0 Å². The summed E-state index contributed by atoms with van der Waals surface area (Å²) in [6, 6.07) is 15.5. The second kappa shape index (κ2) is 10.1. The number of non-ortho nitro benzene ring substituents is 1. The second-order valence-electron chi connectivity index (χ2n) is 6.00. The predicted molar refractivity (Wildman–Crippen MR) is 115 cm³/mol. The molecule has 9 nitrogen and oxygen atoms in total. The molecule has 1 heterocycles. The van der Waals surface area contributed by atoms with E-state index in [1.807, 2.05) is 34.9 Å². The minimum absolute atomic E-state index is 0.00825. The Bertz CT molecular complexity index is 1060. The summed E-state index contributed by atoms with van der Waals surface area (Å²) < 4.78 is 1.89. The molecule has 0 atom stereocenters. The molecule has 0 unspecified atom stereocenters. The zero-order chi connectivity index (χ0) is 21.3. The molecule has 0 fully saturated rings. The van der Waals surface area contributed by atoms with Gasteiger partial charge in [0, 0.05) is 24.2 Å². The smallest absolute Gasteiger partial charge is 0.269 e. The van der Waals surface area contributed by atoms with Gasteiger partial charge < -0.3 is 0 Å². The Labute approximate surface area is 176 Å². The number of thioether (sulfide) groups is 1. The Kier molecular flexibility index (Phi) is 7.06. The van der Waals surface area contributed by atoms with E-state index in [2.05, 4.69) is 27.3 Å². The van der Waals surface area contributed by atoms with E-state index in [0.29, 0.717) is 23.1 Å². The second-order valence-corrected chi connectivity index (χ2v) is 6.94. The van der Waals surface area contributed by atoms with Crippen LogP contribution < -0.4 is 5.43 Å². The molecule has 10 heteroatoms. The number of benzene rings is 2. The number of nitrogens with one attached hydrogen (secondary N) is 1. The van der Waals surface area contributed by atoms with Crippen LogP contribution in [0.5, 0.6) is 0 Å². The number of hydrogen-bond donors (Lipinski definition) is 1. The van der Waals surface area contributed by atoms with Crippen molar-refractivity contribution in [2.24, 2.45) is 5.10 Å². The number of rotatable bonds is 9. The molecule has 1 amide bonds. The number of nitrogens with zero attached hydrogens (tertiary/aromatic N) is 5. The van der Waals surface area contributed by atoms with Crippen molar-refractivity contribution in [3.8, 4) is 11.4 Å². The van der Waals surface area contributed by atoms with Gasteiger partial charge in [-0.2, -0.15) is 5.10 Å². The summed E-state index contributed by atoms with van der Waals surface area (Å²) in [4.78, 5) is 22.3. The molecule has 0 aliphatic heterocycles. The summed E-state index contributed by atoms with van der Waals surface area (Å²) in [5.41, 5.74) is 3.98. The number of hydrazone groups is 1. The highest BCUT2D eigenvalue weighted by Crippen LogP contribution is 2.23. The average Bonchev–Trinajstić information content (AvgIpc) is 3.16. The minimum Gasteiger partial charge on any atom is -0.298 e. The first-order valence-electron chi connectivity index (χ1n) is 8.87. The quantitative estimate of drug-likeness (QED) is 0.186. The van der Waals surface area contributed by atoms with E-state index in [-0.39, 0.29) is 17.3 Å². The predicted octanol–water partition coefficient (Wildman–Crippen LogP) is 3.28. The van der Waals surface area contributed by atoms with Gasteiger partial charge in [0.1, 0.15) is 0 Å². The topological polar surface area (TPSA) is 115 Å². The molecule has 2 aromatic carbocycles. The maximum Gasteiger partial charge on any atom is 0.269 e. The molecular weight excluding hydrogens is 404 g/mol. The van der Waals surface area contributed by atoms with Crippen molar-refractivity contribution in [3.63, 3.8) is 0 Å². The third-order valence-electron chi connectivity index (χ3n) is 3.90. The standard InChI is InChI=1S/C20H18N6O3S/c1-2-12-25-19(16-6-4-3-5-7-16)23-24-20(25)30-14-18(27)22-21-13-15-8-10-17(11-9-15)26(28)29/h2-11,13H,1,12,14H2,(H,22,27). The molecule has 0 spiro atoms. The average molecular weight is 422 g/mol. The number of aromatic nitrogens is 3. The van der Waals surface area contributed by atoms with Crippen molar-refractivity contribution in [2.45, 2.75) is 11.7 Å². The molecule has 0 radical (unpaired) electrons. The number of carbonyl (C=O) groups excluding carboxylic acids is 1. The van der Waals surface area contributed by atoms with Crippen LogP contribution in [0, 0.1) is 10.1 Å². The first-order valence-corrected chi connectivity index (χ1v) is 9.85. The molecule has 0 bridgehead atoms. The normalized spacial score (nSPS) is 10.8. The van der Waals surface area contributed by atoms with Gasteiger partial charge in [-0.05, 0) is 17.7 Å². The van der Waals surface area contributed by atoms with E-state index in [4.69, 9.17) is 0 Å². The maximum absolute atomic E-state index is 12.1. The van der Waals surface area contributed by atoms with Crippen LogP contribution in [0.15, 0.2) is 77.5 Å². The van der Waals surface area contributed by atoms with Crippen LogP contribution in [0.4, 0.5) is 5.69 Å². The summed E-state index contributed by atoms with van der Waals surface area (Å²) >= 11 is 1.24. The Morgan fingerprint density at radius 2 is 1.93 bits per heavy atom. The summed E-state index contributed by atoms with van der Waals surface area (Å²) in [5.74, 6) is 0.490. The third kappa shape index (κ3) is 5.39. The largest absolute Gasteiger partial charge is 0.298 e. The number of hydrogen-bond acceptors (Lipinski definition) is 7. The molecule has 1 N–H and O–H groups in total. The number of nitro groups is 1. The lowest BCUT2D eigenvalue weighted by Gasteiger charge is -2.07. The van der Waals surface area contributed by atoms with Gasteiger partial charge >= 0.3 is 0 Å². The van der Waals surface area contributed by atoms with Crippen molar-refractivity contribution in [3.05, 3.63) is 82.9 Å². The van der Waals surface area contributed by atoms with Gasteiger partial charge in [-0.25, -0.2) is 5.43 Å². The van der Waals surface area contributed by atoms with Crippen LogP contribution >= 0.6 is 11.8 Å². The monoisotopic (exact) mass is 422 g/mol. The van der Waals surface area contributed by atoms with Gasteiger partial charge in [-0.1, -0.05) is 48.2 Å². The minimum atomic E-state index is -0.478. The summed E-state index contributed by atoms with van der Waals surface area (Å²) in [7, 11) is 0. The van der Waals surface area contributed by atoms with E-state index in [9.17, 15) is 14.9 Å². The van der Waals surface area contributed by atoms with Crippen molar-refractivity contribution < 1.29 is 9.72 Å². The molecule has 3 aromatic rings. The van der Waals surface area contributed by atoms with Gasteiger partial charge in [0.25, 0.3) is 11.6 Å². The molecule has 0 aliphatic rings. The van der Waals surface area contributed by atoms with Gasteiger partial charge in [0.2, 0.25) is 0 Å². The summed E-state index contributed by atoms with van der Waals surface area (Å²) in [6.45, 7) is 4.28. The molecule has 0 saturated carbocycles. The van der Waals surface area contributed by atoms with Gasteiger partial charge in [0.15, 0.2) is 11.0 Å². The van der Waals surface area contributed by atoms with Crippen molar-refractivity contribution in [1.82, 2.24) is 20.2 Å². The van der Waals surface area contributed by atoms with E-state index in [0.717, 1.165) is 5.56 Å². The van der Waals surface area contributed by atoms with Crippen LogP contribution in [0.2, 0.25) is 0 Å². The lowest BCUT2D eigenvalue weighted by atomic mass is 10.2. The molecule has 152 valence electrons. The highest BCUT2D eigenvalue weighted by atomic mass is 32.2. The van der Waals surface area contributed by atoms with Crippen molar-refractivity contribution in [1.29, 1.82) is 0 Å². The maximum atomic E-state index is 12.1. The van der Waals surface area contributed by atoms with E-state index < -0.39 is 4.92 Å². The third-order valence-corrected chi connectivity index (χ3v) is 4.87. The zero-order valence-electron chi connectivity index (χ0n) is 15.8. The number of allylic oxidation sites excluding steroid dienone is 1. The van der Waals surface area contributed by atoms with Crippen molar-refractivity contribution >= 4 is 29.6 Å². The Morgan fingerprint density at radius 1 is 1.20 bits per heavy atom. The fraction of sp³-hybridized carbons (Fsp3) is 0.100. The van der Waals surface area contributed by atoms with E-state index in [1.54, 1.807) is 18.2 Å². The number of amides is 1. The zero-order valence-corrected chi connectivity index (χ0v) is 16.7. The molecule has 0 saturated heterocycles. The Morgan fingerprint density at radius 3 is 2.60 bits per heavy atom. The molecular formula is C20H18N6O3S. The Balaban J connectivity index is 1.58. The SMILES string of the molecule is C=CCn1c(SCC(=O)NN=Cc2ccc([N+](=O)[O-])cc2)nnc1-c1ccccc1. The van der Waals surface area contributed by atoms with E-state index in [1.165, 1.54) is 30.1 Å². The van der Waals surface area contributed by atoms with Crippen LogP contribution in [-0.2, 0) is 11.3 Å². The lowest BCUT2D eigenvalue weighted by molar-refractivity contribution is -0.384. The lowest BCUT2D eigenvalue weighted by Crippen LogP contribution is -2.20. The van der Waals surface area contributed by atoms with Gasteiger partial charge in [0.05, 0.1) is 16.9 Å². The van der Waals surface area contributed by atoms with Crippen molar-refractivity contribution in [2.75, 3.05) is 5.75 Å². The number of carbonyl (C=O) groups is 1. The molecule has 30 heavy (non-hydrogen) atoms. The van der Waals surface area contributed by atoms with Crippen LogP contribution in [0.1, 0.15) is 5.56 Å². The Hall–Kier alpha value is -3.79. The van der Waals surface area contributed by atoms with Crippen LogP contribution in [0.3, 0.4) is 0 Å².